The third-order valence-electron chi connectivity index (χ3n) is 6.63. The molecule has 4 N–H and O–H groups in total. The Morgan fingerprint density at radius 2 is 1.94 bits per heavy atom. The molecule has 1 amide bonds. The third kappa shape index (κ3) is 3.30. The van der Waals surface area contributed by atoms with Gasteiger partial charge in [-0.2, -0.15) is 0 Å². The van der Waals surface area contributed by atoms with Gasteiger partial charge in [0.1, 0.15) is 5.82 Å². The highest BCUT2D eigenvalue weighted by atomic mass is 32.1. The van der Waals surface area contributed by atoms with E-state index in [1.54, 1.807) is 13.2 Å². The second kappa shape index (κ2) is 7.21. The number of amides is 1. The van der Waals surface area contributed by atoms with Crippen molar-refractivity contribution in [3.8, 4) is 11.1 Å². The predicted molar refractivity (Wildman–Crippen MR) is 123 cm³/mol. The average molecular weight is 450 g/mol. The molecule has 2 aliphatic rings. The number of guanidine groups is 1. The topological polar surface area (TPSA) is 95.1 Å². The van der Waals surface area contributed by atoms with Gasteiger partial charge in [0, 0.05) is 29.2 Å². The summed E-state index contributed by atoms with van der Waals surface area (Å²) in [5.74, 6) is -1.05. The summed E-state index contributed by atoms with van der Waals surface area (Å²) < 4.78 is 13.7. The molecule has 1 aliphatic heterocycles. The van der Waals surface area contributed by atoms with Crippen LogP contribution in [0.1, 0.15) is 41.7 Å². The molecule has 0 radical (unpaired) electrons. The molecule has 2 fully saturated rings. The second-order valence-corrected chi connectivity index (χ2v) is 9.79. The van der Waals surface area contributed by atoms with E-state index in [2.05, 4.69) is 10.3 Å². The van der Waals surface area contributed by atoms with Crippen molar-refractivity contribution in [2.24, 2.45) is 5.73 Å². The van der Waals surface area contributed by atoms with E-state index in [0.717, 1.165) is 34.4 Å². The molecule has 5 rings (SSSR count). The molecule has 3 heterocycles. The van der Waals surface area contributed by atoms with Crippen LogP contribution >= 0.6 is 11.3 Å². The second-order valence-electron chi connectivity index (χ2n) is 8.88. The Morgan fingerprint density at radius 3 is 2.59 bits per heavy atom. The van der Waals surface area contributed by atoms with Gasteiger partial charge in [-0.25, -0.2) is 4.39 Å². The molecule has 2 atom stereocenters. The largest absolute Gasteiger partial charge is 0.345 e. The van der Waals surface area contributed by atoms with E-state index in [9.17, 15) is 9.18 Å². The third-order valence-corrected chi connectivity index (χ3v) is 7.79. The van der Waals surface area contributed by atoms with E-state index in [0.29, 0.717) is 5.56 Å². The van der Waals surface area contributed by atoms with Crippen molar-refractivity contribution < 1.29 is 9.18 Å². The summed E-state index contributed by atoms with van der Waals surface area (Å²) in [5, 5.41) is 13.5. The fourth-order valence-corrected chi connectivity index (χ4v) is 5.46. The number of likely N-dealkylation sites (N-methyl/N-ethyl adjacent to an activating group) is 1. The van der Waals surface area contributed by atoms with E-state index < -0.39 is 17.3 Å². The van der Waals surface area contributed by atoms with Crippen LogP contribution in [0.3, 0.4) is 0 Å². The average Bonchev–Trinajstić information content (AvgIpc) is 3.32. The SMILES string of the molecule is CN1C(=N)N[C@](C)(c2cc(-c3cncc(F)c3)cs2)[C@@H](c2ccc(C3(N)CC3)cc2)C1=O. The van der Waals surface area contributed by atoms with Gasteiger partial charge in [0.15, 0.2) is 5.96 Å². The van der Waals surface area contributed by atoms with E-state index in [4.69, 9.17) is 11.1 Å². The number of hydrogen-bond acceptors (Lipinski definition) is 5. The minimum atomic E-state index is -0.841. The van der Waals surface area contributed by atoms with Crippen molar-refractivity contribution in [1.82, 2.24) is 15.2 Å². The minimum absolute atomic E-state index is 0.0478. The van der Waals surface area contributed by atoms with Crippen LogP contribution in [0.15, 0.2) is 54.2 Å². The lowest BCUT2D eigenvalue weighted by Crippen LogP contribution is -2.62. The van der Waals surface area contributed by atoms with Gasteiger partial charge in [0.25, 0.3) is 0 Å². The Labute approximate surface area is 189 Å². The summed E-state index contributed by atoms with van der Waals surface area (Å²) in [5.41, 5.74) is 8.69. The van der Waals surface area contributed by atoms with Gasteiger partial charge in [-0.3, -0.25) is 20.1 Å². The van der Waals surface area contributed by atoms with Crippen LogP contribution in [0.25, 0.3) is 11.1 Å². The smallest absolute Gasteiger partial charge is 0.239 e. The number of hydrogen-bond donors (Lipinski definition) is 3. The molecule has 3 aromatic rings. The van der Waals surface area contributed by atoms with Crippen LogP contribution in [0.5, 0.6) is 0 Å². The highest BCUT2D eigenvalue weighted by molar-refractivity contribution is 7.10. The number of carbonyl (C=O) groups excluding carboxylic acids is 1. The number of nitrogens with one attached hydrogen (secondary N) is 2. The lowest BCUT2D eigenvalue weighted by atomic mass is 9.76. The zero-order valence-electron chi connectivity index (χ0n) is 17.9. The Hall–Kier alpha value is -3.10. The number of rotatable bonds is 4. The van der Waals surface area contributed by atoms with E-state index >= 15 is 0 Å². The number of nitrogens with zero attached hydrogens (tertiary/aromatic N) is 2. The summed E-state index contributed by atoms with van der Waals surface area (Å²) >= 11 is 1.48. The molecule has 1 aliphatic carbocycles. The van der Waals surface area contributed by atoms with Gasteiger partial charge in [0.2, 0.25) is 5.91 Å². The number of aromatic nitrogens is 1. The maximum absolute atomic E-state index is 13.7. The Bertz CT molecular complexity index is 1220. The van der Waals surface area contributed by atoms with Crippen molar-refractivity contribution in [2.45, 2.75) is 36.8 Å². The van der Waals surface area contributed by atoms with Crippen molar-refractivity contribution in [1.29, 1.82) is 5.41 Å². The number of halogens is 1. The maximum Gasteiger partial charge on any atom is 0.239 e. The first kappa shape index (κ1) is 20.8. The molecular formula is C24H24FN5OS. The highest BCUT2D eigenvalue weighted by Gasteiger charge is 2.49. The summed E-state index contributed by atoms with van der Waals surface area (Å²) in [6, 6.07) is 11.3. The van der Waals surface area contributed by atoms with Gasteiger partial charge in [-0.05, 0) is 54.0 Å². The Kier molecular flexibility index (Phi) is 4.69. The van der Waals surface area contributed by atoms with Crippen molar-refractivity contribution in [3.05, 3.63) is 76.0 Å². The van der Waals surface area contributed by atoms with Crippen LogP contribution < -0.4 is 11.1 Å². The minimum Gasteiger partial charge on any atom is -0.345 e. The fraction of sp³-hybridized carbons (Fsp3) is 0.292. The van der Waals surface area contributed by atoms with Crippen LogP contribution in [-0.4, -0.2) is 28.8 Å². The van der Waals surface area contributed by atoms with Gasteiger partial charge in [-0.1, -0.05) is 24.3 Å². The maximum atomic E-state index is 13.7. The summed E-state index contributed by atoms with van der Waals surface area (Å²) in [4.78, 5) is 19.6. The van der Waals surface area contributed by atoms with Crippen LogP contribution in [0.4, 0.5) is 4.39 Å². The molecule has 164 valence electrons. The quantitative estimate of drug-likeness (QED) is 0.563. The zero-order chi connectivity index (χ0) is 22.7. The van der Waals surface area contributed by atoms with E-state index in [-0.39, 0.29) is 17.4 Å². The van der Waals surface area contributed by atoms with Gasteiger partial charge >= 0.3 is 0 Å². The molecule has 1 saturated heterocycles. The molecule has 32 heavy (non-hydrogen) atoms. The van der Waals surface area contributed by atoms with E-state index in [1.807, 2.05) is 42.6 Å². The predicted octanol–water partition coefficient (Wildman–Crippen LogP) is 3.89. The number of thiophene rings is 1. The molecule has 0 spiro atoms. The summed E-state index contributed by atoms with van der Waals surface area (Å²) in [7, 11) is 1.61. The molecular weight excluding hydrogens is 425 g/mol. The summed E-state index contributed by atoms with van der Waals surface area (Å²) in [6.07, 6.45) is 4.73. The normalized spacial score (nSPS) is 24.4. The number of pyridine rings is 1. The van der Waals surface area contributed by atoms with Crippen molar-refractivity contribution in [2.75, 3.05) is 7.05 Å². The standard InChI is InChI=1S/C24H24FN5OS/c1-23(19-10-16(13-32-19)15-9-18(25)12-28-11-15)20(21(31)30(2)22(26)29-23)14-3-5-17(6-4-14)24(27)7-8-24/h3-6,9-13,20H,7-8,27H2,1-2H3,(H2,26,29)/t20-,23+/m0/s1. The fourth-order valence-electron chi connectivity index (χ4n) is 4.39. The Balaban J connectivity index is 1.56. The summed E-state index contributed by atoms with van der Waals surface area (Å²) in [6.45, 7) is 1.94. The first-order valence-electron chi connectivity index (χ1n) is 10.4. The van der Waals surface area contributed by atoms with Crippen molar-refractivity contribution in [3.63, 3.8) is 0 Å². The molecule has 0 unspecified atom stereocenters. The van der Waals surface area contributed by atoms with Gasteiger partial charge in [-0.15, -0.1) is 11.3 Å². The molecule has 0 bridgehead atoms. The molecule has 2 aromatic heterocycles. The van der Waals surface area contributed by atoms with Crippen LogP contribution in [-0.2, 0) is 15.9 Å². The van der Waals surface area contributed by atoms with Gasteiger partial charge in [0.05, 0.1) is 17.7 Å². The number of nitrogens with two attached hydrogens (primary N) is 1. The molecule has 6 nitrogen and oxygen atoms in total. The Morgan fingerprint density at radius 1 is 1.22 bits per heavy atom. The van der Waals surface area contributed by atoms with Gasteiger partial charge < -0.3 is 11.1 Å². The first-order chi connectivity index (χ1) is 15.2. The lowest BCUT2D eigenvalue weighted by Gasteiger charge is -2.45. The van der Waals surface area contributed by atoms with E-state index in [1.165, 1.54) is 28.5 Å². The highest BCUT2D eigenvalue weighted by Crippen LogP contribution is 2.46. The van der Waals surface area contributed by atoms with Crippen molar-refractivity contribution >= 4 is 23.2 Å². The van der Waals surface area contributed by atoms with Crippen LogP contribution in [0.2, 0.25) is 0 Å². The zero-order valence-corrected chi connectivity index (χ0v) is 18.7. The number of benzene rings is 1. The molecule has 1 saturated carbocycles. The molecule has 1 aromatic carbocycles. The first-order valence-corrected chi connectivity index (χ1v) is 11.3. The monoisotopic (exact) mass is 449 g/mol. The van der Waals surface area contributed by atoms with Crippen LogP contribution in [0, 0.1) is 11.2 Å². The lowest BCUT2D eigenvalue weighted by molar-refractivity contribution is -0.131. The molecule has 8 heteroatoms. The number of carbonyl (C=O) groups is 1.